The number of carboxylic acids is 1. The molecule has 0 saturated carbocycles. The zero-order valence-electron chi connectivity index (χ0n) is 13.7. The molecule has 128 valence electrons. The number of nitrogens with one attached hydrogen (secondary N) is 1. The van der Waals surface area contributed by atoms with Crippen LogP contribution in [0.4, 0.5) is 0 Å². The molecule has 6 heteroatoms. The second-order valence-electron chi connectivity index (χ2n) is 5.88. The van der Waals surface area contributed by atoms with Crippen molar-refractivity contribution in [1.29, 1.82) is 0 Å². The molecule has 0 saturated heterocycles. The molecule has 0 aliphatic rings. The standard InChI is InChI=1S/C17H24BrNO4/c1-11(2)15(17(21)22)19-16(20)13(7-8-23-3)9-12-5-4-6-14(18)10-12/h4-6,10-11,13,15H,7-9H2,1-3H3,(H,19,20)(H,21,22)/t13?,15-/m1/s1. The number of carboxylic acid groups (broad SMARTS) is 1. The van der Waals surface area contributed by atoms with Gasteiger partial charge in [-0.05, 0) is 36.5 Å². The Morgan fingerprint density at radius 2 is 2.04 bits per heavy atom. The quantitative estimate of drug-likeness (QED) is 0.685. The molecular formula is C17H24BrNO4. The van der Waals surface area contributed by atoms with Gasteiger partial charge in [-0.15, -0.1) is 0 Å². The summed E-state index contributed by atoms with van der Waals surface area (Å²) in [5.41, 5.74) is 1.02. The largest absolute Gasteiger partial charge is 0.480 e. The minimum Gasteiger partial charge on any atom is -0.480 e. The molecule has 2 N–H and O–H groups in total. The van der Waals surface area contributed by atoms with Crippen LogP contribution in [0.15, 0.2) is 28.7 Å². The van der Waals surface area contributed by atoms with Gasteiger partial charge in [0.25, 0.3) is 0 Å². The van der Waals surface area contributed by atoms with E-state index in [0.717, 1.165) is 10.0 Å². The monoisotopic (exact) mass is 385 g/mol. The molecule has 5 nitrogen and oxygen atoms in total. The van der Waals surface area contributed by atoms with Crippen LogP contribution in [-0.2, 0) is 20.7 Å². The predicted molar refractivity (Wildman–Crippen MR) is 92.2 cm³/mol. The van der Waals surface area contributed by atoms with E-state index in [4.69, 9.17) is 4.74 Å². The fraction of sp³-hybridized carbons (Fsp3) is 0.529. The van der Waals surface area contributed by atoms with Crippen molar-refractivity contribution in [2.45, 2.75) is 32.7 Å². The normalized spacial score (nSPS) is 13.6. The van der Waals surface area contributed by atoms with Crippen molar-refractivity contribution >= 4 is 27.8 Å². The number of aliphatic carboxylic acids is 1. The van der Waals surface area contributed by atoms with Crippen molar-refractivity contribution in [3.63, 3.8) is 0 Å². The van der Waals surface area contributed by atoms with Crippen LogP contribution in [0.25, 0.3) is 0 Å². The van der Waals surface area contributed by atoms with E-state index >= 15 is 0 Å². The second-order valence-corrected chi connectivity index (χ2v) is 6.80. The topological polar surface area (TPSA) is 75.6 Å². The first-order valence-corrected chi connectivity index (χ1v) is 8.41. The molecule has 1 unspecified atom stereocenters. The number of rotatable bonds is 9. The molecule has 0 bridgehead atoms. The van der Waals surface area contributed by atoms with Crippen molar-refractivity contribution in [3.05, 3.63) is 34.3 Å². The lowest BCUT2D eigenvalue weighted by atomic mass is 9.94. The van der Waals surface area contributed by atoms with Gasteiger partial charge in [0.15, 0.2) is 0 Å². The van der Waals surface area contributed by atoms with E-state index in [-0.39, 0.29) is 17.7 Å². The minimum absolute atomic E-state index is 0.176. The summed E-state index contributed by atoms with van der Waals surface area (Å²) in [4.78, 5) is 23.8. The minimum atomic E-state index is -1.01. The predicted octanol–water partition coefficient (Wildman–Crippen LogP) is 2.87. The van der Waals surface area contributed by atoms with Gasteiger partial charge in [-0.25, -0.2) is 4.79 Å². The molecule has 1 rings (SSSR count). The molecule has 23 heavy (non-hydrogen) atoms. The van der Waals surface area contributed by atoms with Crippen molar-refractivity contribution in [2.75, 3.05) is 13.7 Å². The molecule has 0 spiro atoms. The lowest BCUT2D eigenvalue weighted by molar-refractivity contribution is -0.143. The van der Waals surface area contributed by atoms with E-state index in [1.807, 2.05) is 24.3 Å². The van der Waals surface area contributed by atoms with Gasteiger partial charge < -0.3 is 15.2 Å². The van der Waals surface area contributed by atoms with Gasteiger partial charge >= 0.3 is 5.97 Å². The number of methoxy groups -OCH3 is 1. The Morgan fingerprint density at radius 3 is 2.57 bits per heavy atom. The highest BCUT2D eigenvalue weighted by molar-refractivity contribution is 9.10. The molecule has 0 fully saturated rings. The Kier molecular flexibility index (Phi) is 8.26. The Hall–Kier alpha value is -1.40. The average Bonchev–Trinajstić information content (AvgIpc) is 2.48. The third-order valence-electron chi connectivity index (χ3n) is 3.64. The fourth-order valence-electron chi connectivity index (χ4n) is 2.32. The van der Waals surface area contributed by atoms with Crippen LogP contribution in [0.3, 0.4) is 0 Å². The second kappa shape index (κ2) is 9.67. The maximum atomic E-state index is 12.5. The van der Waals surface area contributed by atoms with Crippen LogP contribution in [0.5, 0.6) is 0 Å². The average molecular weight is 386 g/mol. The first-order chi connectivity index (χ1) is 10.8. The van der Waals surface area contributed by atoms with E-state index < -0.39 is 12.0 Å². The van der Waals surface area contributed by atoms with Crippen LogP contribution in [-0.4, -0.2) is 36.7 Å². The lowest BCUT2D eigenvalue weighted by Crippen LogP contribution is -2.47. The van der Waals surface area contributed by atoms with Crippen LogP contribution in [0.1, 0.15) is 25.8 Å². The van der Waals surface area contributed by atoms with E-state index in [2.05, 4.69) is 21.2 Å². The summed E-state index contributed by atoms with van der Waals surface area (Å²) in [6.07, 6.45) is 1.08. The number of carbonyl (C=O) groups excluding carboxylic acids is 1. The van der Waals surface area contributed by atoms with E-state index in [9.17, 15) is 14.7 Å². The Bertz CT molecular complexity index is 533. The maximum absolute atomic E-state index is 12.5. The molecule has 0 aliphatic carbocycles. The van der Waals surface area contributed by atoms with Gasteiger partial charge in [-0.3, -0.25) is 4.79 Å². The zero-order chi connectivity index (χ0) is 17.4. The van der Waals surface area contributed by atoms with Gasteiger partial charge in [0, 0.05) is 24.1 Å². The van der Waals surface area contributed by atoms with Crippen LogP contribution >= 0.6 is 15.9 Å². The van der Waals surface area contributed by atoms with Gasteiger partial charge in [0.2, 0.25) is 5.91 Å². The van der Waals surface area contributed by atoms with Crippen LogP contribution in [0.2, 0.25) is 0 Å². The molecule has 1 amide bonds. The summed E-state index contributed by atoms with van der Waals surface area (Å²) < 4.78 is 6.03. The molecular weight excluding hydrogens is 362 g/mol. The van der Waals surface area contributed by atoms with Crippen molar-refractivity contribution in [3.8, 4) is 0 Å². The molecule has 0 aliphatic heterocycles. The first kappa shape index (κ1) is 19.6. The van der Waals surface area contributed by atoms with Gasteiger partial charge in [-0.1, -0.05) is 41.9 Å². The summed E-state index contributed by atoms with van der Waals surface area (Å²) in [6, 6.07) is 6.88. The lowest BCUT2D eigenvalue weighted by Gasteiger charge is -2.22. The smallest absolute Gasteiger partial charge is 0.326 e. The molecule has 0 radical (unpaired) electrons. The summed E-state index contributed by atoms with van der Waals surface area (Å²) in [6.45, 7) is 4.00. The molecule has 2 atom stereocenters. The van der Waals surface area contributed by atoms with E-state index in [1.165, 1.54) is 0 Å². The third kappa shape index (κ3) is 6.71. The molecule has 1 aromatic carbocycles. The highest BCUT2D eigenvalue weighted by atomic mass is 79.9. The molecule has 1 aromatic rings. The van der Waals surface area contributed by atoms with E-state index in [0.29, 0.717) is 19.4 Å². The van der Waals surface area contributed by atoms with Gasteiger partial charge in [0.1, 0.15) is 6.04 Å². The number of hydrogen-bond donors (Lipinski definition) is 2. The summed E-state index contributed by atoms with van der Waals surface area (Å²) in [5, 5.41) is 11.9. The fourth-order valence-corrected chi connectivity index (χ4v) is 2.77. The summed E-state index contributed by atoms with van der Waals surface area (Å²) >= 11 is 3.42. The Labute approximate surface area is 145 Å². The van der Waals surface area contributed by atoms with E-state index in [1.54, 1.807) is 21.0 Å². The number of amides is 1. The Morgan fingerprint density at radius 1 is 1.35 bits per heavy atom. The SMILES string of the molecule is COCCC(Cc1cccc(Br)c1)C(=O)N[C@@H](C(=O)O)C(C)C. The third-order valence-corrected chi connectivity index (χ3v) is 4.14. The van der Waals surface area contributed by atoms with Gasteiger partial charge in [0.05, 0.1) is 0 Å². The number of ether oxygens (including phenoxy) is 1. The Balaban J connectivity index is 2.83. The summed E-state index contributed by atoms with van der Waals surface area (Å²) in [5.74, 6) is -1.76. The first-order valence-electron chi connectivity index (χ1n) is 7.61. The van der Waals surface area contributed by atoms with Crippen molar-refractivity contribution in [2.24, 2.45) is 11.8 Å². The van der Waals surface area contributed by atoms with Gasteiger partial charge in [-0.2, -0.15) is 0 Å². The molecule has 0 aromatic heterocycles. The highest BCUT2D eigenvalue weighted by Crippen LogP contribution is 2.18. The maximum Gasteiger partial charge on any atom is 0.326 e. The number of hydrogen-bond acceptors (Lipinski definition) is 3. The van der Waals surface area contributed by atoms with Crippen LogP contribution < -0.4 is 5.32 Å². The number of benzene rings is 1. The zero-order valence-corrected chi connectivity index (χ0v) is 15.3. The van der Waals surface area contributed by atoms with Crippen molar-refractivity contribution < 1.29 is 19.4 Å². The van der Waals surface area contributed by atoms with Crippen molar-refractivity contribution in [1.82, 2.24) is 5.32 Å². The number of halogens is 1. The highest BCUT2D eigenvalue weighted by Gasteiger charge is 2.27. The number of carbonyl (C=O) groups is 2. The molecule has 0 heterocycles. The summed E-state index contributed by atoms with van der Waals surface area (Å²) in [7, 11) is 1.59. The van der Waals surface area contributed by atoms with Crippen LogP contribution in [0, 0.1) is 11.8 Å².